The van der Waals surface area contributed by atoms with Gasteiger partial charge in [0.05, 0.1) is 12.0 Å². The van der Waals surface area contributed by atoms with Crippen molar-refractivity contribution in [1.82, 2.24) is 10.2 Å². The number of thiophene rings is 1. The van der Waals surface area contributed by atoms with Crippen LogP contribution in [0.2, 0.25) is 0 Å². The van der Waals surface area contributed by atoms with Crippen molar-refractivity contribution in [2.24, 2.45) is 0 Å². The van der Waals surface area contributed by atoms with Crippen LogP contribution in [-0.2, 0) is 9.53 Å². The molecule has 7 heteroatoms. The molecule has 5 nitrogen and oxygen atoms in total. The molecule has 2 heterocycles. The first-order valence-corrected chi connectivity index (χ1v) is 6.23. The van der Waals surface area contributed by atoms with E-state index in [1.165, 1.54) is 18.4 Å². The number of carbonyl (C=O) groups excluding carboxylic acids is 1. The number of ether oxygens (including phenoxy) is 1. The lowest BCUT2D eigenvalue weighted by atomic mass is 10.5. The van der Waals surface area contributed by atoms with Gasteiger partial charge in [-0.25, -0.2) is 0 Å². The van der Waals surface area contributed by atoms with E-state index in [4.69, 9.17) is 4.42 Å². The Labute approximate surface area is 99.8 Å². The number of hydrogen-bond acceptors (Lipinski definition) is 7. The first-order chi connectivity index (χ1) is 7.79. The third-order valence-corrected chi connectivity index (χ3v) is 3.33. The average Bonchev–Trinajstić information content (AvgIpc) is 2.95. The van der Waals surface area contributed by atoms with Gasteiger partial charge in [0.1, 0.15) is 5.75 Å². The number of rotatable bonds is 4. The Balaban J connectivity index is 2.00. The van der Waals surface area contributed by atoms with Crippen molar-refractivity contribution < 1.29 is 13.9 Å². The molecular formula is C9H8N2O3S2. The normalized spacial score (nSPS) is 10.3. The SMILES string of the molecule is COC(=O)CSc1nnc(-c2cccs2)o1. The van der Waals surface area contributed by atoms with E-state index in [-0.39, 0.29) is 11.7 Å². The zero-order chi connectivity index (χ0) is 11.4. The first kappa shape index (κ1) is 11.2. The van der Waals surface area contributed by atoms with Gasteiger partial charge in [-0.2, -0.15) is 0 Å². The van der Waals surface area contributed by atoms with Gasteiger partial charge >= 0.3 is 5.97 Å². The number of esters is 1. The molecule has 0 saturated heterocycles. The highest BCUT2D eigenvalue weighted by Crippen LogP contribution is 2.26. The second kappa shape index (κ2) is 5.13. The van der Waals surface area contributed by atoms with Crippen LogP contribution in [0.4, 0.5) is 0 Å². The lowest BCUT2D eigenvalue weighted by molar-refractivity contribution is -0.137. The minimum Gasteiger partial charge on any atom is -0.468 e. The number of thioether (sulfide) groups is 1. The van der Waals surface area contributed by atoms with Gasteiger partial charge in [-0.05, 0) is 11.4 Å². The quantitative estimate of drug-likeness (QED) is 0.616. The van der Waals surface area contributed by atoms with Crippen LogP contribution in [0, 0.1) is 0 Å². The maximum atomic E-state index is 10.9. The summed E-state index contributed by atoms with van der Waals surface area (Å²) in [4.78, 5) is 11.8. The van der Waals surface area contributed by atoms with E-state index >= 15 is 0 Å². The third kappa shape index (κ3) is 2.61. The van der Waals surface area contributed by atoms with Gasteiger partial charge in [-0.3, -0.25) is 4.79 Å². The van der Waals surface area contributed by atoms with Crippen molar-refractivity contribution in [1.29, 1.82) is 0 Å². The number of nitrogens with zero attached hydrogens (tertiary/aromatic N) is 2. The Bertz CT molecular complexity index is 467. The van der Waals surface area contributed by atoms with Crippen LogP contribution in [0.25, 0.3) is 10.8 Å². The average molecular weight is 256 g/mol. The summed E-state index contributed by atoms with van der Waals surface area (Å²) < 4.78 is 9.87. The van der Waals surface area contributed by atoms with E-state index in [0.29, 0.717) is 11.1 Å². The Kier molecular flexibility index (Phi) is 3.58. The molecule has 0 spiro atoms. The summed E-state index contributed by atoms with van der Waals surface area (Å²) in [5.41, 5.74) is 0. The second-order valence-corrected chi connectivity index (χ2v) is 4.59. The monoisotopic (exact) mass is 256 g/mol. The van der Waals surface area contributed by atoms with Gasteiger partial charge in [-0.1, -0.05) is 17.8 Å². The smallest absolute Gasteiger partial charge is 0.316 e. The summed E-state index contributed by atoms with van der Waals surface area (Å²) in [6.07, 6.45) is 0. The molecule has 0 radical (unpaired) electrons. The predicted molar refractivity (Wildman–Crippen MR) is 60.4 cm³/mol. The molecule has 0 aliphatic rings. The summed E-state index contributed by atoms with van der Waals surface area (Å²) >= 11 is 2.68. The Hall–Kier alpha value is -1.34. The number of aromatic nitrogens is 2. The Morgan fingerprint density at radius 3 is 3.19 bits per heavy atom. The summed E-state index contributed by atoms with van der Waals surface area (Å²) in [7, 11) is 1.34. The van der Waals surface area contributed by atoms with Gasteiger partial charge in [0.25, 0.3) is 11.1 Å². The van der Waals surface area contributed by atoms with Gasteiger partial charge in [-0.15, -0.1) is 21.5 Å². The molecule has 0 N–H and O–H groups in total. The molecule has 0 aliphatic heterocycles. The fourth-order valence-corrected chi connectivity index (χ4v) is 2.19. The minimum absolute atomic E-state index is 0.169. The Morgan fingerprint density at radius 2 is 2.50 bits per heavy atom. The highest BCUT2D eigenvalue weighted by molar-refractivity contribution is 7.99. The zero-order valence-electron chi connectivity index (χ0n) is 8.37. The fraction of sp³-hybridized carbons (Fsp3) is 0.222. The molecule has 16 heavy (non-hydrogen) atoms. The zero-order valence-corrected chi connectivity index (χ0v) is 10.0. The third-order valence-electron chi connectivity index (χ3n) is 1.68. The van der Waals surface area contributed by atoms with Crippen LogP contribution in [0.15, 0.2) is 27.2 Å². The molecule has 0 unspecified atom stereocenters. The van der Waals surface area contributed by atoms with Crippen LogP contribution in [0.1, 0.15) is 0 Å². The lowest BCUT2D eigenvalue weighted by Crippen LogP contribution is -2.02. The van der Waals surface area contributed by atoms with E-state index in [0.717, 1.165) is 16.6 Å². The van der Waals surface area contributed by atoms with Crippen LogP contribution in [-0.4, -0.2) is 29.0 Å². The standard InChI is InChI=1S/C9H8N2O3S2/c1-13-7(12)5-16-9-11-10-8(14-9)6-3-2-4-15-6/h2-4H,5H2,1H3. The van der Waals surface area contributed by atoms with E-state index in [1.807, 2.05) is 17.5 Å². The second-order valence-electron chi connectivity index (χ2n) is 2.72. The van der Waals surface area contributed by atoms with Crippen LogP contribution >= 0.6 is 23.1 Å². The molecule has 0 aliphatic carbocycles. The number of hydrogen-bond donors (Lipinski definition) is 0. The maximum absolute atomic E-state index is 10.9. The molecular weight excluding hydrogens is 248 g/mol. The molecule has 0 saturated carbocycles. The molecule has 0 amide bonds. The largest absolute Gasteiger partial charge is 0.468 e. The Morgan fingerprint density at radius 1 is 1.62 bits per heavy atom. The van der Waals surface area contributed by atoms with Crippen molar-refractivity contribution in [2.45, 2.75) is 5.22 Å². The molecule has 0 bridgehead atoms. The van der Waals surface area contributed by atoms with Crippen molar-refractivity contribution in [3.63, 3.8) is 0 Å². The van der Waals surface area contributed by atoms with E-state index in [2.05, 4.69) is 14.9 Å². The van der Waals surface area contributed by atoms with Gasteiger partial charge < -0.3 is 9.15 Å². The van der Waals surface area contributed by atoms with Crippen LogP contribution in [0.3, 0.4) is 0 Å². The topological polar surface area (TPSA) is 65.2 Å². The number of methoxy groups -OCH3 is 1. The summed E-state index contributed by atoms with van der Waals surface area (Å²) in [5.74, 6) is 0.325. The highest BCUT2D eigenvalue weighted by Gasteiger charge is 2.11. The summed E-state index contributed by atoms with van der Waals surface area (Å²) in [6.45, 7) is 0. The predicted octanol–water partition coefficient (Wildman–Crippen LogP) is 2.06. The first-order valence-electron chi connectivity index (χ1n) is 4.36. The molecule has 0 atom stereocenters. The van der Waals surface area contributed by atoms with Gasteiger partial charge in [0, 0.05) is 0 Å². The molecule has 0 fully saturated rings. The molecule has 2 aromatic rings. The molecule has 2 rings (SSSR count). The maximum Gasteiger partial charge on any atom is 0.316 e. The van der Waals surface area contributed by atoms with Crippen LogP contribution in [0.5, 0.6) is 0 Å². The summed E-state index contributed by atoms with van der Waals surface area (Å²) in [5, 5.41) is 10.0. The van der Waals surface area contributed by atoms with Crippen LogP contribution < -0.4 is 0 Å². The van der Waals surface area contributed by atoms with E-state index in [1.54, 1.807) is 0 Å². The molecule has 84 valence electrons. The van der Waals surface area contributed by atoms with Crippen molar-refractivity contribution >= 4 is 29.1 Å². The molecule has 0 aromatic carbocycles. The summed E-state index contributed by atoms with van der Waals surface area (Å²) in [6, 6.07) is 3.80. The van der Waals surface area contributed by atoms with Crippen molar-refractivity contribution in [3.8, 4) is 10.8 Å². The van der Waals surface area contributed by atoms with Gasteiger partial charge in [0.2, 0.25) is 0 Å². The van der Waals surface area contributed by atoms with E-state index < -0.39 is 0 Å². The molecule has 2 aromatic heterocycles. The van der Waals surface area contributed by atoms with Gasteiger partial charge in [0.15, 0.2) is 0 Å². The van der Waals surface area contributed by atoms with Crippen molar-refractivity contribution in [3.05, 3.63) is 17.5 Å². The minimum atomic E-state index is -0.319. The number of carbonyl (C=O) groups is 1. The van der Waals surface area contributed by atoms with E-state index in [9.17, 15) is 4.79 Å². The fourth-order valence-electron chi connectivity index (χ4n) is 0.948. The highest BCUT2D eigenvalue weighted by atomic mass is 32.2. The van der Waals surface area contributed by atoms with Crippen molar-refractivity contribution in [2.75, 3.05) is 12.9 Å². The lowest BCUT2D eigenvalue weighted by Gasteiger charge is -1.93.